The van der Waals surface area contributed by atoms with Gasteiger partial charge in [0.25, 0.3) is 0 Å². The largest absolute Gasteiger partial charge is 0.464 e. The zero-order valence-corrected chi connectivity index (χ0v) is 8.08. The van der Waals surface area contributed by atoms with E-state index in [0.717, 1.165) is 23.0 Å². The predicted octanol–water partition coefficient (Wildman–Crippen LogP) is 3.06. The predicted molar refractivity (Wildman–Crippen MR) is 54.9 cm³/mol. The zero-order chi connectivity index (χ0) is 9.97. The van der Waals surface area contributed by atoms with Crippen molar-refractivity contribution in [2.24, 2.45) is 0 Å². The second-order valence-electron chi connectivity index (χ2n) is 3.28. The highest BCUT2D eigenvalue weighted by Crippen LogP contribution is 2.22. The smallest absolute Gasteiger partial charge is 0.134 e. The number of furan rings is 1. The Bertz CT molecular complexity index is 490. The first-order chi connectivity index (χ1) is 6.85. The van der Waals surface area contributed by atoms with Crippen molar-refractivity contribution in [3.05, 3.63) is 35.6 Å². The van der Waals surface area contributed by atoms with Gasteiger partial charge in [-0.25, -0.2) is 0 Å². The van der Waals surface area contributed by atoms with E-state index in [-0.39, 0.29) is 0 Å². The molecule has 2 rings (SSSR count). The molecule has 0 saturated carbocycles. The van der Waals surface area contributed by atoms with Crippen LogP contribution >= 0.6 is 0 Å². The van der Waals surface area contributed by atoms with Crippen LogP contribution in [0.2, 0.25) is 0 Å². The highest BCUT2D eigenvalue weighted by Gasteiger charge is 2.05. The monoisotopic (exact) mass is 185 g/mol. The number of hydrogen-bond acceptors (Lipinski definition) is 2. The van der Waals surface area contributed by atoms with Crippen molar-refractivity contribution in [2.75, 3.05) is 0 Å². The van der Waals surface area contributed by atoms with E-state index >= 15 is 0 Å². The number of aryl methyl sites for hydroxylation is 1. The van der Waals surface area contributed by atoms with Crippen molar-refractivity contribution >= 4 is 11.0 Å². The van der Waals surface area contributed by atoms with Gasteiger partial charge in [0.15, 0.2) is 0 Å². The molecule has 0 bridgehead atoms. The molecule has 2 heteroatoms. The fourth-order valence-electron chi connectivity index (χ4n) is 1.57. The van der Waals surface area contributed by atoms with Crippen LogP contribution in [0.25, 0.3) is 11.0 Å². The van der Waals surface area contributed by atoms with Crippen molar-refractivity contribution in [1.82, 2.24) is 0 Å². The van der Waals surface area contributed by atoms with Gasteiger partial charge in [-0.05, 0) is 18.1 Å². The molecule has 0 radical (unpaired) electrons. The lowest BCUT2D eigenvalue weighted by molar-refractivity contribution is 0.611. The molecule has 0 amide bonds. The molecule has 0 aliphatic heterocycles. The van der Waals surface area contributed by atoms with Gasteiger partial charge < -0.3 is 4.42 Å². The van der Waals surface area contributed by atoms with Gasteiger partial charge in [0.2, 0.25) is 0 Å². The summed E-state index contributed by atoms with van der Waals surface area (Å²) in [6.07, 6.45) is 3.09. The van der Waals surface area contributed by atoms with Crippen LogP contribution in [0.15, 0.2) is 28.9 Å². The minimum absolute atomic E-state index is 0.415. The van der Waals surface area contributed by atoms with Crippen LogP contribution in [0.3, 0.4) is 0 Å². The van der Waals surface area contributed by atoms with Crippen LogP contribution in [0, 0.1) is 11.3 Å². The Kier molecular flexibility index (Phi) is 2.24. The average Bonchev–Trinajstić information content (AvgIpc) is 2.61. The van der Waals surface area contributed by atoms with E-state index in [1.54, 1.807) is 6.26 Å². The van der Waals surface area contributed by atoms with E-state index in [0.29, 0.717) is 6.42 Å². The van der Waals surface area contributed by atoms with Crippen LogP contribution in [-0.2, 0) is 12.8 Å². The van der Waals surface area contributed by atoms with E-state index in [2.05, 4.69) is 19.1 Å². The minimum atomic E-state index is 0.415. The molecule has 1 aromatic heterocycles. The lowest BCUT2D eigenvalue weighted by atomic mass is 10.1. The van der Waals surface area contributed by atoms with Crippen molar-refractivity contribution in [1.29, 1.82) is 5.26 Å². The summed E-state index contributed by atoms with van der Waals surface area (Å²) in [6.45, 7) is 2.11. The Morgan fingerprint density at radius 1 is 1.43 bits per heavy atom. The van der Waals surface area contributed by atoms with Crippen LogP contribution in [0.5, 0.6) is 0 Å². The highest BCUT2D eigenvalue weighted by molar-refractivity contribution is 5.81. The molecule has 0 saturated heterocycles. The molecule has 1 heterocycles. The van der Waals surface area contributed by atoms with E-state index in [1.807, 2.05) is 12.1 Å². The van der Waals surface area contributed by atoms with Gasteiger partial charge in [-0.15, -0.1) is 0 Å². The van der Waals surface area contributed by atoms with Crippen LogP contribution in [0.4, 0.5) is 0 Å². The third-order valence-electron chi connectivity index (χ3n) is 2.40. The third kappa shape index (κ3) is 1.38. The lowest BCUT2D eigenvalue weighted by Crippen LogP contribution is -1.80. The van der Waals surface area contributed by atoms with Crippen molar-refractivity contribution < 1.29 is 4.42 Å². The Hall–Kier alpha value is -1.75. The molecule has 2 aromatic rings. The molecule has 2 nitrogen and oxygen atoms in total. The second kappa shape index (κ2) is 3.55. The summed E-state index contributed by atoms with van der Waals surface area (Å²) in [6, 6.07) is 8.28. The van der Waals surface area contributed by atoms with Gasteiger partial charge in [0.1, 0.15) is 5.58 Å². The molecule has 1 aromatic carbocycles. The zero-order valence-electron chi connectivity index (χ0n) is 8.08. The molecule has 0 aliphatic carbocycles. The summed E-state index contributed by atoms with van der Waals surface area (Å²) >= 11 is 0. The van der Waals surface area contributed by atoms with Gasteiger partial charge in [-0.2, -0.15) is 5.26 Å². The maximum Gasteiger partial charge on any atom is 0.134 e. The Morgan fingerprint density at radius 3 is 3.00 bits per heavy atom. The number of nitrogens with zero attached hydrogens (tertiary/aromatic N) is 1. The van der Waals surface area contributed by atoms with Gasteiger partial charge >= 0.3 is 0 Å². The van der Waals surface area contributed by atoms with Gasteiger partial charge in [0.05, 0.1) is 18.8 Å². The van der Waals surface area contributed by atoms with Crippen molar-refractivity contribution in [3.8, 4) is 6.07 Å². The molecule has 14 heavy (non-hydrogen) atoms. The number of fused-ring (bicyclic) bond motifs is 1. The molecular formula is C12H11NO. The second-order valence-corrected chi connectivity index (χ2v) is 3.28. The maximum absolute atomic E-state index is 8.61. The standard InChI is InChI=1S/C12H11NO/c1-2-9-3-4-11-10(5-6-13)8-14-12(11)7-9/h3-4,7-8H,2,5H2,1H3. The number of benzene rings is 1. The van der Waals surface area contributed by atoms with Crippen LogP contribution in [-0.4, -0.2) is 0 Å². The van der Waals surface area contributed by atoms with E-state index in [9.17, 15) is 0 Å². The summed E-state index contributed by atoms with van der Waals surface area (Å²) in [5.74, 6) is 0. The van der Waals surface area contributed by atoms with Crippen molar-refractivity contribution in [2.45, 2.75) is 19.8 Å². The molecule has 0 N–H and O–H groups in total. The third-order valence-corrected chi connectivity index (χ3v) is 2.40. The van der Waals surface area contributed by atoms with Crippen LogP contribution in [0.1, 0.15) is 18.1 Å². The first-order valence-corrected chi connectivity index (χ1v) is 4.71. The molecule has 0 unspecified atom stereocenters. The summed E-state index contributed by atoms with van der Waals surface area (Å²) in [5.41, 5.74) is 3.12. The topological polar surface area (TPSA) is 36.9 Å². The quantitative estimate of drug-likeness (QED) is 0.721. The molecule has 0 aliphatic rings. The van der Waals surface area contributed by atoms with Crippen LogP contribution < -0.4 is 0 Å². The summed E-state index contributed by atoms with van der Waals surface area (Å²) in [5, 5.41) is 9.67. The van der Waals surface area contributed by atoms with Gasteiger partial charge in [-0.1, -0.05) is 19.1 Å². The van der Waals surface area contributed by atoms with E-state index < -0.39 is 0 Å². The summed E-state index contributed by atoms with van der Waals surface area (Å²) in [7, 11) is 0. The Morgan fingerprint density at radius 2 is 2.29 bits per heavy atom. The molecule has 0 spiro atoms. The normalized spacial score (nSPS) is 10.3. The molecule has 70 valence electrons. The summed E-state index contributed by atoms with van der Waals surface area (Å²) in [4.78, 5) is 0. The van der Waals surface area contributed by atoms with Gasteiger partial charge in [0, 0.05) is 10.9 Å². The first-order valence-electron chi connectivity index (χ1n) is 4.71. The fourth-order valence-corrected chi connectivity index (χ4v) is 1.57. The minimum Gasteiger partial charge on any atom is -0.464 e. The number of nitriles is 1. The lowest BCUT2D eigenvalue weighted by Gasteiger charge is -1.95. The number of hydrogen-bond donors (Lipinski definition) is 0. The highest BCUT2D eigenvalue weighted by atomic mass is 16.3. The summed E-state index contributed by atoms with van der Waals surface area (Å²) < 4.78 is 5.39. The van der Waals surface area contributed by atoms with E-state index in [1.165, 1.54) is 5.56 Å². The molecule has 0 fully saturated rings. The molecular weight excluding hydrogens is 174 g/mol. The Balaban J connectivity index is 2.55. The first kappa shape index (κ1) is 8.83. The molecule has 0 atom stereocenters. The Labute approximate surface area is 82.8 Å². The van der Waals surface area contributed by atoms with E-state index in [4.69, 9.17) is 9.68 Å². The number of rotatable bonds is 2. The van der Waals surface area contributed by atoms with Gasteiger partial charge in [-0.3, -0.25) is 0 Å². The van der Waals surface area contributed by atoms with Crippen molar-refractivity contribution in [3.63, 3.8) is 0 Å². The average molecular weight is 185 g/mol. The fraction of sp³-hybridized carbons (Fsp3) is 0.250. The SMILES string of the molecule is CCc1ccc2c(CC#N)coc2c1. The maximum atomic E-state index is 8.61.